The van der Waals surface area contributed by atoms with Crippen LogP contribution in [0.2, 0.25) is 0 Å². The van der Waals surface area contributed by atoms with Crippen LogP contribution in [0.25, 0.3) is 0 Å². The molecule has 0 saturated carbocycles. The van der Waals surface area contributed by atoms with E-state index in [0.717, 1.165) is 0 Å². The van der Waals surface area contributed by atoms with Gasteiger partial charge in [-0.3, -0.25) is 0 Å². The van der Waals surface area contributed by atoms with Gasteiger partial charge in [-0.15, -0.1) is 0 Å². The molecule has 4 heavy (non-hydrogen) atoms. The van der Waals surface area contributed by atoms with Crippen molar-refractivity contribution in [2.24, 2.45) is 0 Å². The van der Waals surface area contributed by atoms with E-state index in [9.17, 15) is 0 Å². The van der Waals surface area contributed by atoms with E-state index < -0.39 is 0 Å². The first-order chi connectivity index (χ1) is 0. The zero-order valence-corrected chi connectivity index (χ0v) is 7.46. The van der Waals surface area contributed by atoms with E-state index in [1.54, 1.807) is 0 Å². The molecule has 0 N–H and O–H groups in total. The standard InChI is InChI=1S/Ce.Na.2O/q+3;+1;2*-2. The van der Waals surface area contributed by atoms with Crippen LogP contribution in [0, 0.1) is 41.7 Å². The van der Waals surface area contributed by atoms with Crippen LogP contribution in [-0.2, 0) is 11.0 Å². The molecule has 0 heterocycles. The molecule has 0 aromatic carbocycles. The molecule has 0 atom stereocenters. The summed E-state index contributed by atoms with van der Waals surface area (Å²) in [5.74, 6) is 0. The first-order valence-corrected chi connectivity index (χ1v) is 0. The largest absolute Gasteiger partial charge is 3.00 e. The zero-order chi connectivity index (χ0) is 0. The molecule has 17 valence electrons. The quantitative estimate of drug-likeness (QED) is 0.365. The molecule has 0 saturated heterocycles. The first kappa shape index (κ1) is 33.5. The van der Waals surface area contributed by atoms with Gasteiger partial charge < -0.3 is 11.0 Å². The fourth-order valence-electron chi connectivity index (χ4n) is 0. The molecule has 0 bridgehead atoms. The van der Waals surface area contributed by atoms with Gasteiger partial charge in [0.15, 0.2) is 0 Å². The fourth-order valence-corrected chi connectivity index (χ4v) is 0. The Morgan fingerprint density at radius 3 is 0.750 bits per heavy atom. The van der Waals surface area contributed by atoms with Crippen molar-refractivity contribution < 1.29 is 82.3 Å². The predicted octanol–water partition coefficient (Wildman–Crippen LogP) is -3.23. The van der Waals surface area contributed by atoms with E-state index in [0.29, 0.717) is 0 Å². The Morgan fingerprint density at radius 2 is 0.750 bits per heavy atom. The third-order valence-electron chi connectivity index (χ3n) is 0. The average Bonchev–Trinajstić information content (AvgIpc) is 0. The molecule has 0 aliphatic rings. The van der Waals surface area contributed by atoms with E-state index >= 15 is 0 Å². The third kappa shape index (κ3) is 8.85. The smallest absolute Gasteiger partial charge is 2.00 e. The Bertz CT molecular complexity index is 6.00. The molecular weight excluding hydrogens is 195 g/mol. The van der Waals surface area contributed by atoms with E-state index in [1.165, 1.54) is 0 Å². The van der Waals surface area contributed by atoms with Crippen LogP contribution in [-0.4, -0.2) is 0 Å². The number of hydrogen-bond donors (Lipinski definition) is 0. The van der Waals surface area contributed by atoms with Gasteiger partial charge in [-0.25, -0.2) is 0 Å². The summed E-state index contributed by atoms with van der Waals surface area (Å²) in [5, 5.41) is 0. The Hall–Kier alpha value is 2.30. The van der Waals surface area contributed by atoms with E-state index in [-0.39, 0.29) is 82.3 Å². The summed E-state index contributed by atoms with van der Waals surface area (Å²) >= 11 is 0. The molecule has 0 aromatic rings. The Kier molecular flexibility index (Phi) is 155. The van der Waals surface area contributed by atoms with Crippen molar-refractivity contribution in [1.29, 1.82) is 0 Å². The van der Waals surface area contributed by atoms with Crippen molar-refractivity contribution in [3.05, 3.63) is 0 Å². The SMILES string of the molecule is [Ce+3].[Na+].[O-2].[O-2]. The van der Waals surface area contributed by atoms with Crippen molar-refractivity contribution >= 4 is 0 Å². The number of rotatable bonds is 0. The molecule has 0 spiro atoms. The van der Waals surface area contributed by atoms with Crippen LogP contribution in [0.1, 0.15) is 0 Å². The topological polar surface area (TPSA) is 57.0 Å². The van der Waals surface area contributed by atoms with Gasteiger partial charge in [0.1, 0.15) is 0 Å². The Morgan fingerprint density at radius 1 is 0.750 bits per heavy atom. The van der Waals surface area contributed by atoms with E-state index in [1.807, 2.05) is 0 Å². The third-order valence-corrected chi connectivity index (χ3v) is 0. The molecule has 0 aliphatic carbocycles. The molecule has 0 fully saturated rings. The monoisotopic (exact) mass is 195 g/mol. The molecule has 0 amide bonds. The van der Waals surface area contributed by atoms with Gasteiger partial charge in [-0.05, 0) is 0 Å². The molecule has 0 unspecified atom stereocenters. The first-order valence-electron chi connectivity index (χ1n) is 0. The van der Waals surface area contributed by atoms with Crippen LogP contribution in [0.15, 0.2) is 0 Å². The number of hydrogen-bond acceptors (Lipinski definition) is 0. The minimum Gasteiger partial charge on any atom is -2.00 e. The van der Waals surface area contributed by atoms with Gasteiger partial charge in [0.05, 0.1) is 0 Å². The summed E-state index contributed by atoms with van der Waals surface area (Å²) in [6.07, 6.45) is 0. The second kappa shape index (κ2) is 18.5. The second-order valence-corrected chi connectivity index (χ2v) is 0. The van der Waals surface area contributed by atoms with Crippen LogP contribution >= 0.6 is 0 Å². The van der Waals surface area contributed by atoms with Crippen LogP contribution in [0.3, 0.4) is 0 Å². The summed E-state index contributed by atoms with van der Waals surface area (Å²) < 4.78 is 0. The minimum atomic E-state index is 0. The molecular formula is CeNaO2. The second-order valence-electron chi connectivity index (χ2n) is 0. The fraction of sp³-hybridized carbons (Fsp3) is 0. The summed E-state index contributed by atoms with van der Waals surface area (Å²) in [4.78, 5) is 0. The molecule has 4 heteroatoms. The van der Waals surface area contributed by atoms with Crippen molar-refractivity contribution in [3.8, 4) is 0 Å². The van der Waals surface area contributed by atoms with E-state index in [2.05, 4.69) is 0 Å². The minimum absolute atomic E-state index is 0. The molecule has 0 aromatic heterocycles. The summed E-state index contributed by atoms with van der Waals surface area (Å²) in [6.45, 7) is 0. The van der Waals surface area contributed by atoms with Crippen LogP contribution < -0.4 is 29.6 Å². The van der Waals surface area contributed by atoms with Gasteiger partial charge in [-0.2, -0.15) is 0 Å². The maximum absolute atomic E-state index is 0. The summed E-state index contributed by atoms with van der Waals surface area (Å²) in [7, 11) is 0. The van der Waals surface area contributed by atoms with Gasteiger partial charge in [0.25, 0.3) is 0 Å². The maximum Gasteiger partial charge on any atom is 3.00 e. The molecule has 0 rings (SSSR count). The van der Waals surface area contributed by atoms with Gasteiger partial charge in [0.2, 0.25) is 0 Å². The Balaban J connectivity index is 0. The van der Waals surface area contributed by atoms with Gasteiger partial charge in [0, 0.05) is 0 Å². The van der Waals surface area contributed by atoms with Crippen molar-refractivity contribution in [2.75, 3.05) is 0 Å². The normalized spacial score (nSPS) is 0. The van der Waals surface area contributed by atoms with Gasteiger partial charge in [-0.1, -0.05) is 0 Å². The van der Waals surface area contributed by atoms with E-state index in [4.69, 9.17) is 0 Å². The average molecular weight is 195 g/mol. The van der Waals surface area contributed by atoms with Crippen LogP contribution in [0.4, 0.5) is 0 Å². The van der Waals surface area contributed by atoms with Crippen molar-refractivity contribution in [2.45, 2.75) is 0 Å². The molecule has 2 nitrogen and oxygen atoms in total. The summed E-state index contributed by atoms with van der Waals surface area (Å²) in [5.41, 5.74) is 0. The Labute approximate surface area is 80.6 Å². The van der Waals surface area contributed by atoms with Crippen molar-refractivity contribution in [3.63, 3.8) is 0 Å². The van der Waals surface area contributed by atoms with Gasteiger partial charge >= 0.3 is 71.3 Å². The van der Waals surface area contributed by atoms with Crippen LogP contribution in [0.5, 0.6) is 0 Å². The van der Waals surface area contributed by atoms with Crippen molar-refractivity contribution in [1.82, 2.24) is 0 Å². The zero-order valence-electron chi connectivity index (χ0n) is 2.32. The molecule has 0 aliphatic heterocycles. The maximum atomic E-state index is 0. The summed E-state index contributed by atoms with van der Waals surface area (Å²) in [6, 6.07) is 0. The predicted molar refractivity (Wildman–Crippen MR) is 1.37 cm³/mol. The molecule has 1 radical (unpaired) electrons.